The van der Waals surface area contributed by atoms with Gasteiger partial charge < -0.3 is 14.5 Å². The highest BCUT2D eigenvalue weighted by Crippen LogP contribution is 2.28. The Hall–Kier alpha value is -4.73. The van der Waals surface area contributed by atoms with E-state index in [0.29, 0.717) is 22.2 Å². The fourth-order valence-electron chi connectivity index (χ4n) is 3.62. The number of carbonyl (C=O) groups is 2. The number of nitrogens with one attached hydrogen (secondary N) is 1. The van der Waals surface area contributed by atoms with Crippen LogP contribution >= 0.6 is 0 Å². The van der Waals surface area contributed by atoms with Crippen LogP contribution in [-0.2, 0) is 20.9 Å². The zero-order chi connectivity index (χ0) is 24.9. The smallest absolute Gasteiger partial charge is 0.419 e. The molecule has 0 saturated heterocycles. The average Bonchev–Trinajstić information content (AvgIpc) is 3.17. The minimum absolute atomic E-state index is 0.0127. The number of rotatable bonds is 8. The van der Waals surface area contributed by atoms with Crippen LogP contribution in [-0.4, -0.2) is 21.4 Å². The van der Waals surface area contributed by atoms with E-state index in [1.54, 1.807) is 67.6 Å². The Balaban J connectivity index is 1.53. The van der Waals surface area contributed by atoms with Crippen molar-refractivity contribution in [3.63, 3.8) is 0 Å². The molecule has 4 aromatic rings. The Kier molecular flexibility index (Phi) is 6.72. The molecule has 0 fully saturated rings. The number of hydrogen-bond donors (Lipinski definition) is 1. The Labute approximate surface area is 198 Å². The van der Waals surface area contributed by atoms with Gasteiger partial charge in [0.05, 0.1) is 16.9 Å². The van der Waals surface area contributed by atoms with Gasteiger partial charge >= 0.3 is 11.7 Å². The number of aromatic nitrogens is 1. The van der Waals surface area contributed by atoms with Crippen molar-refractivity contribution in [3.05, 3.63) is 105 Å². The van der Waals surface area contributed by atoms with Crippen molar-refractivity contribution >= 4 is 34.4 Å². The van der Waals surface area contributed by atoms with Gasteiger partial charge in [-0.3, -0.25) is 24.3 Å². The molecule has 1 unspecified atom stereocenters. The Morgan fingerprint density at radius 3 is 2.54 bits per heavy atom. The standard InChI is InChI=1S/C25H21N3O7/c1-16-11-12-18(20(15-16)28(32)33)26-24(30)23(17-7-3-2-4-8-17)35-22(29)13-14-27-19-9-5-6-10-21(19)34-25(27)31/h2-12,15,23H,13-14H2,1H3,(H,26,30). The number of para-hydroxylation sites is 2. The summed E-state index contributed by atoms with van der Waals surface area (Å²) in [5, 5.41) is 13.9. The third kappa shape index (κ3) is 5.27. The van der Waals surface area contributed by atoms with Crippen LogP contribution in [0, 0.1) is 17.0 Å². The third-order valence-electron chi connectivity index (χ3n) is 5.31. The summed E-state index contributed by atoms with van der Waals surface area (Å²) in [6.07, 6.45) is -1.56. The average molecular weight is 475 g/mol. The molecule has 1 heterocycles. The summed E-state index contributed by atoms with van der Waals surface area (Å²) in [4.78, 5) is 48.7. The maximum absolute atomic E-state index is 13.1. The van der Waals surface area contributed by atoms with Gasteiger partial charge in [0, 0.05) is 18.2 Å². The number of nitro benzene ring substituents is 1. The van der Waals surface area contributed by atoms with Crippen molar-refractivity contribution in [1.82, 2.24) is 4.57 Å². The monoisotopic (exact) mass is 475 g/mol. The van der Waals surface area contributed by atoms with E-state index in [1.165, 1.54) is 16.7 Å². The normalized spacial score (nSPS) is 11.7. The van der Waals surface area contributed by atoms with Gasteiger partial charge in [-0.2, -0.15) is 0 Å². The van der Waals surface area contributed by atoms with E-state index in [1.807, 2.05) is 0 Å². The van der Waals surface area contributed by atoms with Crippen LogP contribution in [0.5, 0.6) is 0 Å². The summed E-state index contributed by atoms with van der Waals surface area (Å²) < 4.78 is 11.9. The number of nitrogens with zero attached hydrogens (tertiary/aromatic N) is 2. The molecule has 0 aliphatic carbocycles. The lowest BCUT2D eigenvalue weighted by Crippen LogP contribution is -2.27. The molecule has 1 aromatic heterocycles. The van der Waals surface area contributed by atoms with Crippen LogP contribution in [0.4, 0.5) is 11.4 Å². The van der Waals surface area contributed by atoms with Crippen LogP contribution in [0.15, 0.2) is 82.0 Å². The van der Waals surface area contributed by atoms with Crippen LogP contribution in [0.1, 0.15) is 23.7 Å². The van der Waals surface area contributed by atoms with Gasteiger partial charge in [-0.25, -0.2) is 4.79 Å². The van der Waals surface area contributed by atoms with E-state index in [0.717, 1.165) is 0 Å². The third-order valence-corrected chi connectivity index (χ3v) is 5.31. The van der Waals surface area contributed by atoms with Crippen molar-refractivity contribution in [1.29, 1.82) is 0 Å². The molecular formula is C25H21N3O7. The van der Waals surface area contributed by atoms with Gasteiger partial charge in [0.1, 0.15) is 5.69 Å². The molecule has 178 valence electrons. The van der Waals surface area contributed by atoms with Crippen LogP contribution in [0.2, 0.25) is 0 Å². The number of nitro groups is 1. The number of hydrogen-bond acceptors (Lipinski definition) is 7. The highest BCUT2D eigenvalue weighted by molar-refractivity contribution is 5.97. The van der Waals surface area contributed by atoms with Crippen LogP contribution in [0.3, 0.4) is 0 Å². The lowest BCUT2D eigenvalue weighted by Gasteiger charge is -2.18. The number of esters is 1. The molecule has 0 spiro atoms. The number of fused-ring (bicyclic) bond motifs is 1. The molecular weight excluding hydrogens is 454 g/mol. The molecule has 1 amide bonds. The summed E-state index contributed by atoms with van der Waals surface area (Å²) in [6.45, 7) is 1.68. The van der Waals surface area contributed by atoms with Crippen LogP contribution < -0.4 is 11.1 Å². The first-order valence-electron chi connectivity index (χ1n) is 10.7. The molecule has 0 bridgehead atoms. The van der Waals surface area contributed by atoms with Gasteiger partial charge in [-0.1, -0.05) is 48.5 Å². The zero-order valence-electron chi connectivity index (χ0n) is 18.7. The Bertz CT molecular complexity index is 1460. The van der Waals surface area contributed by atoms with Crippen molar-refractivity contribution in [2.45, 2.75) is 26.0 Å². The van der Waals surface area contributed by atoms with Crippen molar-refractivity contribution in [3.8, 4) is 0 Å². The largest absolute Gasteiger partial charge is 0.447 e. The Morgan fingerprint density at radius 2 is 1.80 bits per heavy atom. The summed E-state index contributed by atoms with van der Waals surface area (Å²) >= 11 is 0. The lowest BCUT2D eigenvalue weighted by molar-refractivity contribution is -0.384. The van der Waals surface area contributed by atoms with E-state index >= 15 is 0 Å². The SMILES string of the molecule is Cc1ccc(NC(=O)C(OC(=O)CCn2c(=O)oc3ccccc32)c2ccccc2)c([N+](=O)[O-])c1. The predicted octanol–water partition coefficient (Wildman–Crippen LogP) is 4.12. The minimum Gasteiger partial charge on any atom is -0.447 e. The molecule has 10 nitrogen and oxygen atoms in total. The number of benzene rings is 3. The molecule has 4 rings (SSSR count). The molecule has 0 aliphatic rings. The second-order valence-corrected chi connectivity index (χ2v) is 7.78. The fraction of sp³-hybridized carbons (Fsp3) is 0.160. The number of carbonyl (C=O) groups excluding carboxylic acids is 2. The van der Waals surface area contributed by atoms with Crippen molar-refractivity contribution < 1.29 is 23.7 Å². The molecule has 0 radical (unpaired) electrons. The van der Waals surface area contributed by atoms with Gasteiger partial charge in [-0.05, 0) is 30.7 Å². The first-order valence-corrected chi connectivity index (χ1v) is 10.7. The van der Waals surface area contributed by atoms with Crippen LogP contribution in [0.25, 0.3) is 11.1 Å². The molecule has 1 N–H and O–H groups in total. The van der Waals surface area contributed by atoms with E-state index in [4.69, 9.17) is 9.15 Å². The van der Waals surface area contributed by atoms with Gasteiger partial charge in [0.2, 0.25) is 6.10 Å². The van der Waals surface area contributed by atoms with E-state index in [9.17, 15) is 24.5 Å². The lowest BCUT2D eigenvalue weighted by atomic mass is 10.1. The summed E-state index contributed by atoms with van der Waals surface area (Å²) in [5.41, 5.74) is 1.69. The number of amides is 1. The first-order chi connectivity index (χ1) is 16.8. The number of ether oxygens (including phenoxy) is 1. The molecule has 10 heteroatoms. The number of aryl methyl sites for hydroxylation is 2. The maximum atomic E-state index is 13.1. The van der Waals surface area contributed by atoms with Gasteiger partial charge in [0.15, 0.2) is 5.58 Å². The zero-order valence-corrected chi connectivity index (χ0v) is 18.7. The summed E-state index contributed by atoms with van der Waals surface area (Å²) in [6, 6.07) is 19.5. The van der Waals surface area contributed by atoms with E-state index < -0.39 is 28.7 Å². The summed E-state index contributed by atoms with van der Waals surface area (Å²) in [5.74, 6) is -2.09. The first kappa shape index (κ1) is 23.4. The molecule has 0 saturated carbocycles. The van der Waals surface area contributed by atoms with E-state index in [2.05, 4.69) is 5.32 Å². The highest BCUT2D eigenvalue weighted by atomic mass is 16.6. The second-order valence-electron chi connectivity index (χ2n) is 7.78. The predicted molar refractivity (Wildman–Crippen MR) is 127 cm³/mol. The van der Waals surface area contributed by atoms with Crippen molar-refractivity contribution in [2.24, 2.45) is 0 Å². The second kappa shape index (κ2) is 10.0. The molecule has 3 aromatic carbocycles. The van der Waals surface area contributed by atoms with Gasteiger partial charge in [-0.15, -0.1) is 0 Å². The minimum atomic E-state index is -1.36. The Morgan fingerprint density at radius 1 is 1.09 bits per heavy atom. The topological polar surface area (TPSA) is 134 Å². The number of oxazole rings is 1. The fourth-order valence-corrected chi connectivity index (χ4v) is 3.62. The van der Waals surface area contributed by atoms with Gasteiger partial charge in [0.25, 0.3) is 11.6 Å². The molecule has 0 aliphatic heterocycles. The maximum Gasteiger partial charge on any atom is 0.419 e. The summed E-state index contributed by atoms with van der Waals surface area (Å²) in [7, 11) is 0. The highest BCUT2D eigenvalue weighted by Gasteiger charge is 2.27. The van der Waals surface area contributed by atoms with E-state index in [-0.39, 0.29) is 24.3 Å². The molecule has 1 atom stereocenters. The quantitative estimate of drug-likeness (QED) is 0.230. The van der Waals surface area contributed by atoms with Crippen molar-refractivity contribution in [2.75, 3.05) is 5.32 Å². The number of anilines is 1. The molecule has 35 heavy (non-hydrogen) atoms.